The summed E-state index contributed by atoms with van der Waals surface area (Å²) in [5.74, 6) is 0.554. The van der Waals surface area contributed by atoms with Gasteiger partial charge in [0.05, 0.1) is 29.6 Å². The number of hydrogen-bond acceptors (Lipinski definition) is 5. The molecule has 0 spiro atoms. The minimum Gasteiger partial charge on any atom is -0.497 e. The van der Waals surface area contributed by atoms with Gasteiger partial charge in [-0.25, -0.2) is 9.97 Å². The Balaban J connectivity index is 1.50. The Kier molecular flexibility index (Phi) is 5.35. The molecule has 0 aliphatic heterocycles. The van der Waals surface area contributed by atoms with Gasteiger partial charge in [-0.15, -0.1) is 11.3 Å². The van der Waals surface area contributed by atoms with Crippen molar-refractivity contribution in [2.45, 2.75) is 0 Å². The average molecular weight is 438 g/mol. The second kappa shape index (κ2) is 8.61. The molecule has 0 saturated heterocycles. The van der Waals surface area contributed by atoms with Gasteiger partial charge in [0, 0.05) is 21.9 Å². The quantitative estimate of drug-likeness (QED) is 0.351. The average Bonchev–Trinajstić information content (AvgIpc) is 3.32. The van der Waals surface area contributed by atoms with Crippen LogP contribution in [0.2, 0.25) is 0 Å². The van der Waals surface area contributed by atoms with Crippen LogP contribution in [0.4, 0.5) is 5.13 Å². The van der Waals surface area contributed by atoms with Crippen LogP contribution in [0, 0.1) is 0 Å². The van der Waals surface area contributed by atoms with Crippen LogP contribution in [-0.4, -0.2) is 23.0 Å². The first kappa shape index (κ1) is 19.9. The molecule has 5 aromatic rings. The fourth-order valence-electron chi connectivity index (χ4n) is 3.51. The third-order valence-electron chi connectivity index (χ3n) is 5.14. The summed E-state index contributed by atoms with van der Waals surface area (Å²) in [6.07, 6.45) is 0. The van der Waals surface area contributed by atoms with E-state index in [0.29, 0.717) is 10.7 Å². The topological polar surface area (TPSA) is 64.1 Å². The van der Waals surface area contributed by atoms with Gasteiger partial charge >= 0.3 is 0 Å². The number of rotatable bonds is 5. The molecule has 1 amide bonds. The molecule has 2 heterocycles. The van der Waals surface area contributed by atoms with Crippen molar-refractivity contribution in [3.8, 4) is 28.3 Å². The number of fused-ring (bicyclic) bond motifs is 1. The van der Waals surface area contributed by atoms with Crippen molar-refractivity contribution in [3.63, 3.8) is 0 Å². The third kappa shape index (κ3) is 3.96. The Morgan fingerprint density at radius 1 is 0.844 bits per heavy atom. The molecule has 3 aromatic carbocycles. The Morgan fingerprint density at radius 3 is 2.34 bits per heavy atom. The lowest BCUT2D eigenvalue weighted by Gasteiger charge is -2.10. The van der Waals surface area contributed by atoms with E-state index >= 15 is 0 Å². The van der Waals surface area contributed by atoms with E-state index in [-0.39, 0.29) is 5.91 Å². The van der Waals surface area contributed by atoms with E-state index in [2.05, 4.69) is 10.3 Å². The minimum atomic E-state index is -0.215. The number of nitrogens with zero attached hydrogens (tertiary/aromatic N) is 2. The predicted molar refractivity (Wildman–Crippen MR) is 129 cm³/mol. The summed E-state index contributed by atoms with van der Waals surface area (Å²) in [5, 5.41) is 6.25. The fraction of sp³-hybridized carbons (Fsp3) is 0.0385. The first-order chi connectivity index (χ1) is 15.7. The first-order valence-corrected chi connectivity index (χ1v) is 11.0. The largest absolute Gasteiger partial charge is 0.497 e. The van der Waals surface area contributed by atoms with E-state index < -0.39 is 0 Å². The number of carbonyl (C=O) groups is 1. The Hall–Kier alpha value is -4.03. The molecule has 0 aliphatic carbocycles. The van der Waals surface area contributed by atoms with Gasteiger partial charge in [-0.05, 0) is 36.4 Å². The molecular formula is C26H19N3O2S. The highest BCUT2D eigenvalue weighted by Gasteiger charge is 2.16. The summed E-state index contributed by atoms with van der Waals surface area (Å²) in [7, 11) is 1.63. The Bertz CT molecular complexity index is 1400. The maximum absolute atomic E-state index is 13.3. The number of anilines is 1. The number of para-hydroxylation sites is 1. The van der Waals surface area contributed by atoms with E-state index in [4.69, 9.17) is 9.72 Å². The van der Waals surface area contributed by atoms with Gasteiger partial charge in [0.1, 0.15) is 5.75 Å². The van der Waals surface area contributed by atoms with Crippen molar-refractivity contribution in [2.75, 3.05) is 12.4 Å². The lowest BCUT2D eigenvalue weighted by atomic mass is 10.0. The maximum Gasteiger partial charge on any atom is 0.258 e. The second-order valence-electron chi connectivity index (χ2n) is 7.16. The zero-order valence-electron chi connectivity index (χ0n) is 17.3. The van der Waals surface area contributed by atoms with Crippen molar-refractivity contribution >= 4 is 33.3 Å². The van der Waals surface area contributed by atoms with Crippen molar-refractivity contribution in [3.05, 3.63) is 95.9 Å². The zero-order valence-corrected chi connectivity index (χ0v) is 18.1. The van der Waals surface area contributed by atoms with Crippen LogP contribution in [0.25, 0.3) is 33.4 Å². The number of methoxy groups -OCH3 is 1. The van der Waals surface area contributed by atoms with E-state index in [1.54, 1.807) is 7.11 Å². The number of nitrogens with one attached hydrogen (secondary N) is 1. The monoisotopic (exact) mass is 437 g/mol. The normalized spacial score (nSPS) is 10.8. The first-order valence-electron chi connectivity index (χ1n) is 10.1. The molecule has 156 valence electrons. The number of carbonyl (C=O) groups excluding carboxylic acids is 1. The molecule has 32 heavy (non-hydrogen) atoms. The number of pyridine rings is 1. The molecule has 5 nitrogen and oxygen atoms in total. The van der Waals surface area contributed by atoms with Crippen LogP contribution in [0.5, 0.6) is 5.75 Å². The molecular weight excluding hydrogens is 418 g/mol. The van der Waals surface area contributed by atoms with Gasteiger partial charge < -0.3 is 4.74 Å². The van der Waals surface area contributed by atoms with Crippen molar-refractivity contribution in [2.24, 2.45) is 0 Å². The van der Waals surface area contributed by atoms with E-state index in [0.717, 1.165) is 39.2 Å². The summed E-state index contributed by atoms with van der Waals surface area (Å²) in [5.41, 5.74) is 4.80. The molecule has 0 atom stereocenters. The minimum absolute atomic E-state index is 0.215. The number of hydrogen-bond donors (Lipinski definition) is 1. The molecule has 5 rings (SSSR count). The highest BCUT2D eigenvalue weighted by atomic mass is 32.1. The highest BCUT2D eigenvalue weighted by molar-refractivity contribution is 7.14. The third-order valence-corrected chi connectivity index (χ3v) is 5.90. The molecule has 6 heteroatoms. The Labute approximate surface area is 189 Å². The van der Waals surface area contributed by atoms with E-state index in [1.807, 2.05) is 90.3 Å². The van der Waals surface area contributed by atoms with Crippen molar-refractivity contribution in [1.82, 2.24) is 9.97 Å². The van der Waals surface area contributed by atoms with Crippen LogP contribution in [0.15, 0.2) is 90.3 Å². The van der Waals surface area contributed by atoms with Gasteiger partial charge in [0.2, 0.25) is 0 Å². The summed E-state index contributed by atoms with van der Waals surface area (Å²) in [6.45, 7) is 0. The molecule has 0 bridgehead atoms. The van der Waals surface area contributed by atoms with Crippen LogP contribution in [0.1, 0.15) is 10.4 Å². The Morgan fingerprint density at radius 2 is 1.56 bits per heavy atom. The molecule has 1 N–H and O–H groups in total. The van der Waals surface area contributed by atoms with Gasteiger partial charge in [-0.2, -0.15) is 0 Å². The summed E-state index contributed by atoms with van der Waals surface area (Å²) in [6, 6.07) is 27.0. The molecule has 0 unspecified atom stereocenters. The van der Waals surface area contributed by atoms with Crippen molar-refractivity contribution < 1.29 is 9.53 Å². The maximum atomic E-state index is 13.3. The van der Waals surface area contributed by atoms with Gasteiger partial charge in [-0.3, -0.25) is 10.1 Å². The lowest BCUT2D eigenvalue weighted by molar-refractivity contribution is 0.102. The smallest absolute Gasteiger partial charge is 0.258 e. The number of benzene rings is 3. The fourth-order valence-corrected chi connectivity index (χ4v) is 4.22. The van der Waals surface area contributed by atoms with Crippen LogP contribution < -0.4 is 10.1 Å². The summed E-state index contributed by atoms with van der Waals surface area (Å²) < 4.78 is 5.25. The highest BCUT2D eigenvalue weighted by Crippen LogP contribution is 2.28. The SMILES string of the molecule is COc1ccc(-c2cc(C(=O)Nc3nc(-c4ccccc4)cs3)c3ccccc3n2)cc1. The van der Waals surface area contributed by atoms with Gasteiger partial charge in [0.15, 0.2) is 5.13 Å². The lowest BCUT2D eigenvalue weighted by Crippen LogP contribution is -2.13. The van der Waals surface area contributed by atoms with E-state index in [1.165, 1.54) is 11.3 Å². The van der Waals surface area contributed by atoms with Crippen LogP contribution in [0.3, 0.4) is 0 Å². The number of aromatic nitrogens is 2. The molecule has 0 saturated carbocycles. The summed E-state index contributed by atoms with van der Waals surface area (Å²) >= 11 is 1.40. The second-order valence-corrected chi connectivity index (χ2v) is 8.02. The van der Waals surface area contributed by atoms with Crippen molar-refractivity contribution in [1.29, 1.82) is 0 Å². The van der Waals surface area contributed by atoms with Gasteiger partial charge in [0.25, 0.3) is 5.91 Å². The molecule has 0 aliphatic rings. The van der Waals surface area contributed by atoms with E-state index in [9.17, 15) is 4.79 Å². The predicted octanol–water partition coefficient (Wildman–Crippen LogP) is 6.29. The zero-order chi connectivity index (χ0) is 21.9. The summed E-state index contributed by atoms with van der Waals surface area (Å²) in [4.78, 5) is 22.6. The van der Waals surface area contributed by atoms with Crippen LogP contribution >= 0.6 is 11.3 Å². The number of amides is 1. The number of ether oxygens (including phenoxy) is 1. The number of thiazole rings is 1. The van der Waals surface area contributed by atoms with Crippen LogP contribution in [-0.2, 0) is 0 Å². The standard InChI is InChI=1S/C26H19N3O2S/c1-31-19-13-11-18(12-14-19)23-15-21(20-9-5-6-10-22(20)27-23)25(30)29-26-28-24(16-32-26)17-7-3-2-4-8-17/h2-16H,1H3,(H,28,29,30). The molecule has 2 aromatic heterocycles. The molecule has 0 radical (unpaired) electrons. The molecule has 0 fully saturated rings. The van der Waals surface area contributed by atoms with Gasteiger partial charge in [-0.1, -0.05) is 48.5 Å².